The molecule has 1 saturated heterocycles. The van der Waals surface area contributed by atoms with Crippen LogP contribution < -0.4 is 0 Å². The third-order valence-electron chi connectivity index (χ3n) is 1.77. The van der Waals surface area contributed by atoms with E-state index in [2.05, 4.69) is 6.92 Å². The molecular weight excluding hydrogens is 116 g/mol. The van der Waals surface area contributed by atoms with Crippen LogP contribution in [0.5, 0.6) is 0 Å². The predicted octanol–water partition coefficient (Wildman–Crippen LogP) is 1.41. The summed E-state index contributed by atoms with van der Waals surface area (Å²) in [7, 11) is 1.70. The van der Waals surface area contributed by atoms with E-state index in [9.17, 15) is 0 Å². The second-order valence-electron chi connectivity index (χ2n) is 2.67. The molecule has 0 radical (unpaired) electrons. The Morgan fingerprint density at radius 3 is 2.78 bits per heavy atom. The monoisotopic (exact) mass is 130 g/mol. The second kappa shape index (κ2) is 3.18. The lowest BCUT2D eigenvalue weighted by molar-refractivity contribution is -0.156. The quantitative estimate of drug-likeness (QED) is 0.534. The molecule has 9 heavy (non-hydrogen) atoms. The minimum absolute atomic E-state index is 0.0637. The summed E-state index contributed by atoms with van der Waals surface area (Å²) in [6.07, 6.45) is 2.30. The van der Waals surface area contributed by atoms with E-state index in [1.807, 2.05) is 0 Å². The Labute approximate surface area is 56.2 Å². The largest absolute Gasteiger partial charge is 0.356 e. The molecule has 0 unspecified atom stereocenters. The average molecular weight is 130 g/mol. The SMILES string of the molecule is CO[C@@H]1C[C@@H](C)CCO1. The fraction of sp³-hybridized carbons (Fsp3) is 1.00. The fourth-order valence-corrected chi connectivity index (χ4v) is 1.08. The summed E-state index contributed by atoms with van der Waals surface area (Å²) >= 11 is 0. The number of hydrogen-bond acceptors (Lipinski definition) is 2. The molecule has 0 N–H and O–H groups in total. The van der Waals surface area contributed by atoms with E-state index in [0.29, 0.717) is 0 Å². The van der Waals surface area contributed by atoms with E-state index < -0.39 is 0 Å². The molecule has 0 amide bonds. The van der Waals surface area contributed by atoms with E-state index in [4.69, 9.17) is 9.47 Å². The highest BCUT2D eigenvalue weighted by molar-refractivity contribution is 4.60. The first-order valence-corrected chi connectivity index (χ1v) is 3.47. The predicted molar refractivity (Wildman–Crippen MR) is 35.1 cm³/mol. The Balaban J connectivity index is 2.23. The molecule has 0 saturated carbocycles. The van der Waals surface area contributed by atoms with Gasteiger partial charge in [0, 0.05) is 20.1 Å². The summed E-state index contributed by atoms with van der Waals surface area (Å²) < 4.78 is 10.3. The van der Waals surface area contributed by atoms with Gasteiger partial charge in [0.25, 0.3) is 0 Å². The van der Waals surface area contributed by atoms with Crippen molar-refractivity contribution in [3.05, 3.63) is 0 Å². The van der Waals surface area contributed by atoms with E-state index in [1.165, 1.54) is 6.42 Å². The Morgan fingerprint density at radius 2 is 2.33 bits per heavy atom. The summed E-state index contributed by atoms with van der Waals surface area (Å²) in [6.45, 7) is 3.09. The second-order valence-corrected chi connectivity index (χ2v) is 2.67. The standard InChI is InChI=1S/C7H14O2/c1-6-3-4-9-7(5-6)8-2/h6-7H,3-5H2,1-2H3/t6-,7-/m0/s1. The van der Waals surface area contributed by atoms with Crippen LogP contribution in [0.15, 0.2) is 0 Å². The van der Waals surface area contributed by atoms with Gasteiger partial charge in [-0.05, 0) is 12.3 Å². The summed E-state index contributed by atoms with van der Waals surface area (Å²) in [5.41, 5.74) is 0. The first-order valence-electron chi connectivity index (χ1n) is 3.47. The molecule has 2 heteroatoms. The fourth-order valence-electron chi connectivity index (χ4n) is 1.08. The molecule has 0 aromatic rings. The summed E-state index contributed by atoms with van der Waals surface area (Å²) in [6, 6.07) is 0. The molecule has 54 valence electrons. The number of hydrogen-bond donors (Lipinski definition) is 0. The third kappa shape index (κ3) is 1.95. The Kier molecular flexibility index (Phi) is 2.49. The van der Waals surface area contributed by atoms with Crippen molar-refractivity contribution in [1.29, 1.82) is 0 Å². The summed E-state index contributed by atoms with van der Waals surface area (Å²) in [4.78, 5) is 0. The molecule has 2 atom stereocenters. The van der Waals surface area contributed by atoms with Crippen LogP contribution in [0.4, 0.5) is 0 Å². The number of rotatable bonds is 1. The van der Waals surface area contributed by atoms with Crippen LogP contribution in [0.1, 0.15) is 19.8 Å². The lowest BCUT2D eigenvalue weighted by Gasteiger charge is -2.25. The number of methoxy groups -OCH3 is 1. The van der Waals surface area contributed by atoms with Crippen molar-refractivity contribution in [2.24, 2.45) is 5.92 Å². The molecule has 0 aromatic heterocycles. The van der Waals surface area contributed by atoms with Crippen LogP contribution >= 0.6 is 0 Å². The van der Waals surface area contributed by atoms with Gasteiger partial charge in [-0.25, -0.2) is 0 Å². The van der Waals surface area contributed by atoms with Crippen molar-refractivity contribution in [3.8, 4) is 0 Å². The van der Waals surface area contributed by atoms with Crippen LogP contribution in [0.25, 0.3) is 0 Å². The van der Waals surface area contributed by atoms with Gasteiger partial charge in [0.1, 0.15) is 0 Å². The third-order valence-corrected chi connectivity index (χ3v) is 1.77. The van der Waals surface area contributed by atoms with Crippen molar-refractivity contribution in [2.75, 3.05) is 13.7 Å². The average Bonchev–Trinajstić information content (AvgIpc) is 1.88. The zero-order valence-corrected chi connectivity index (χ0v) is 6.09. The Hall–Kier alpha value is -0.0800. The highest BCUT2D eigenvalue weighted by atomic mass is 16.7. The van der Waals surface area contributed by atoms with Crippen LogP contribution in [0.2, 0.25) is 0 Å². The molecule has 1 aliphatic rings. The van der Waals surface area contributed by atoms with Gasteiger partial charge in [0.05, 0.1) is 0 Å². The van der Waals surface area contributed by atoms with Crippen molar-refractivity contribution in [1.82, 2.24) is 0 Å². The molecule has 1 aliphatic heterocycles. The molecule has 1 rings (SSSR count). The lowest BCUT2D eigenvalue weighted by atomic mass is 10.0. The van der Waals surface area contributed by atoms with Crippen LogP contribution in [0.3, 0.4) is 0 Å². The van der Waals surface area contributed by atoms with Gasteiger partial charge in [-0.15, -0.1) is 0 Å². The normalized spacial score (nSPS) is 36.7. The van der Waals surface area contributed by atoms with Crippen molar-refractivity contribution < 1.29 is 9.47 Å². The molecule has 1 fully saturated rings. The molecule has 0 aromatic carbocycles. The lowest BCUT2D eigenvalue weighted by Crippen LogP contribution is -2.25. The Bertz CT molecular complexity index is 83.0. The first kappa shape index (κ1) is 7.03. The maximum atomic E-state index is 5.28. The van der Waals surface area contributed by atoms with E-state index in [0.717, 1.165) is 18.9 Å². The smallest absolute Gasteiger partial charge is 0.157 e. The maximum Gasteiger partial charge on any atom is 0.157 e. The molecule has 0 spiro atoms. The molecular formula is C7H14O2. The molecule has 2 nitrogen and oxygen atoms in total. The molecule has 0 aliphatic carbocycles. The zero-order chi connectivity index (χ0) is 6.69. The van der Waals surface area contributed by atoms with E-state index >= 15 is 0 Å². The first-order chi connectivity index (χ1) is 4.33. The van der Waals surface area contributed by atoms with Gasteiger partial charge in [-0.1, -0.05) is 6.92 Å². The van der Waals surface area contributed by atoms with Gasteiger partial charge in [-0.2, -0.15) is 0 Å². The van der Waals surface area contributed by atoms with Gasteiger partial charge in [0.2, 0.25) is 0 Å². The van der Waals surface area contributed by atoms with E-state index in [-0.39, 0.29) is 6.29 Å². The Morgan fingerprint density at radius 1 is 1.56 bits per heavy atom. The molecule has 1 heterocycles. The van der Waals surface area contributed by atoms with Crippen LogP contribution in [-0.4, -0.2) is 20.0 Å². The summed E-state index contributed by atoms with van der Waals surface area (Å²) in [5.74, 6) is 0.767. The minimum atomic E-state index is 0.0637. The highest BCUT2D eigenvalue weighted by Crippen LogP contribution is 2.18. The van der Waals surface area contributed by atoms with Crippen LogP contribution in [0, 0.1) is 5.92 Å². The number of ether oxygens (including phenoxy) is 2. The minimum Gasteiger partial charge on any atom is -0.356 e. The van der Waals surface area contributed by atoms with Crippen molar-refractivity contribution in [3.63, 3.8) is 0 Å². The van der Waals surface area contributed by atoms with Crippen molar-refractivity contribution >= 4 is 0 Å². The van der Waals surface area contributed by atoms with Gasteiger partial charge in [0.15, 0.2) is 6.29 Å². The molecule has 0 bridgehead atoms. The van der Waals surface area contributed by atoms with Crippen LogP contribution in [-0.2, 0) is 9.47 Å². The van der Waals surface area contributed by atoms with Gasteiger partial charge >= 0.3 is 0 Å². The highest BCUT2D eigenvalue weighted by Gasteiger charge is 2.17. The van der Waals surface area contributed by atoms with Gasteiger partial charge < -0.3 is 9.47 Å². The zero-order valence-electron chi connectivity index (χ0n) is 6.09. The van der Waals surface area contributed by atoms with Crippen molar-refractivity contribution in [2.45, 2.75) is 26.1 Å². The van der Waals surface area contributed by atoms with E-state index in [1.54, 1.807) is 7.11 Å². The summed E-state index contributed by atoms with van der Waals surface area (Å²) in [5, 5.41) is 0. The van der Waals surface area contributed by atoms with Gasteiger partial charge in [-0.3, -0.25) is 0 Å². The topological polar surface area (TPSA) is 18.5 Å². The maximum absolute atomic E-state index is 5.28.